The lowest BCUT2D eigenvalue weighted by molar-refractivity contribution is -0.167. The van der Waals surface area contributed by atoms with Gasteiger partial charge in [-0.2, -0.15) is 0 Å². The molecule has 0 rings (SSSR count). The molecule has 0 saturated heterocycles. The molecule has 0 fully saturated rings. The third kappa shape index (κ3) is 65.1. The first-order valence-electron chi connectivity index (χ1n) is 34.2. The number of hydrogen-bond acceptors (Lipinski definition) is 6. The van der Waals surface area contributed by atoms with Crippen LogP contribution in [0.5, 0.6) is 0 Å². The minimum atomic E-state index is -0.812. The quantitative estimate of drug-likeness (QED) is 0.0261. The van der Waals surface area contributed by atoms with Crippen LogP contribution in [0.3, 0.4) is 0 Å². The first-order chi connectivity index (χ1) is 39.5. The molecule has 0 aromatic heterocycles. The zero-order valence-corrected chi connectivity index (χ0v) is 52.8. The molecule has 0 radical (unpaired) electrons. The van der Waals surface area contributed by atoms with Gasteiger partial charge in [0.2, 0.25) is 0 Å². The second-order valence-electron chi connectivity index (χ2n) is 22.7. The molecule has 0 aliphatic rings. The molecule has 6 nitrogen and oxygen atoms in total. The van der Waals surface area contributed by atoms with Gasteiger partial charge < -0.3 is 14.2 Å². The molecule has 0 saturated carbocycles. The van der Waals surface area contributed by atoms with Crippen molar-refractivity contribution in [1.29, 1.82) is 0 Å². The molecule has 1 atom stereocenters. The van der Waals surface area contributed by atoms with Crippen molar-refractivity contribution in [3.63, 3.8) is 0 Å². The summed E-state index contributed by atoms with van der Waals surface area (Å²) in [6, 6.07) is 0. The van der Waals surface area contributed by atoms with E-state index in [1.54, 1.807) is 0 Å². The molecule has 0 aromatic carbocycles. The maximum Gasteiger partial charge on any atom is 0.306 e. The predicted molar refractivity (Wildman–Crippen MR) is 348 cm³/mol. The highest BCUT2D eigenvalue weighted by molar-refractivity contribution is 5.71. The number of ether oxygens (including phenoxy) is 3. The molecule has 0 N–H and O–H groups in total. The monoisotopic (exact) mass is 1110 g/mol. The van der Waals surface area contributed by atoms with Gasteiger partial charge in [-0.05, 0) is 96.3 Å². The molecular formula is C74H128O6. The summed E-state index contributed by atoms with van der Waals surface area (Å²) in [4.78, 5) is 38.3. The van der Waals surface area contributed by atoms with Crippen molar-refractivity contribution in [3.8, 4) is 0 Å². The van der Waals surface area contributed by atoms with E-state index >= 15 is 0 Å². The van der Waals surface area contributed by atoms with Gasteiger partial charge in [0.1, 0.15) is 13.2 Å². The van der Waals surface area contributed by atoms with Gasteiger partial charge in [0.15, 0.2) is 6.10 Å². The summed E-state index contributed by atoms with van der Waals surface area (Å²) in [5.41, 5.74) is 0. The van der Waals surface area contributed by atoms with Crippen molar-refractivity contribution in [2.45, 2.75) is 341 Å². The number of carbonyl (C=O) groups excluding carboxylic acids is 3. The zero-order valence-electron chi connectivity index (χ0n) is 52.8. The first-order valence-corrected chi connectivity index (χ1v) is 34.2. The summed E-state index contributed by atoms with van der Waals surface area (Å²) in [7, 11) is 0. The van der Waals surface area contributed by atoms with E-state index in [2.05, 4.69) is 118 Å². The number of allylic oxidation sites excluding steroid dienone is 16. The number of hydrogen-bond donors (Lipinski definition) is 0. The Balaban J connectivity index is 4.32. The predicted octanol–water partition coefficient (Wildman–Crippen LogP) is 23.6. The fraction of sp³-hybridized carbons (Fsp3) is 0.743. The highest BCUT2D eigenvalue weighted by atomic mass is 16.6. The van der Waals surface area contributed by atoms with Gasteiger partial charge in [-0.25, -0.2) is 0 Å². The summed E-state index contributed by atoms with van der Waals surface area (Å²) in [5.74, 6) is -0.958. The Hall–Kier alpha value is -3.67. The number of rotatable bonds is 62. The third-order valence-electron chi connectivity index (χ3n) is 14.8. The lowest BCUT2D eigenvalue weighted by Crippen LogP contribution is -2.30. The molecule has 80 heavy (non-hydrogen) atoms. The second kappa shape index (κ2) is 67.8. The fourth-order valence-corrected chi connectivity index (χ4v) is 9.72. The van der Waals surface area contributed by atoms with Gasteiger partial charge in [0, 0.05) is 19.3 Å². The van der Waals surface area contributed by atoms with Gasteiger partial charge in [-0.15, -0.1) is 0 Å². The van der Waals surface area contributed by atoms with Crippen LogP contribution >= 0.6 is 0 Å². The summed E-state index contributed by atoms with van der Waals surface area (Å²) in [6.45, 7) is 6.49. The second-order valence-corrected chi connectivity index (χ2v) is 22.7. The lowest BCUT2D eigenvalue weighted by Gasteiger charge is -2.18. The van der Waals surface area contributed by atoms with E-state index in [9.17, 15) is 14.4 Å². The van der Waals surface area contributed by atoms with Crippen molar-refractivity contribution < 1.29 is 28.6 Å². The van der Waals surface area contributed by atoms with Crippen LogP contribution in [0.25, 0.3) is 0 Å². The van der Waals surface area contributed by atoms with Crippen molar-refractivity contribution in [2.75, 3.05) is 13.2 Å². The average Bonchev–Trinajstić information content (AvgIpc) is 3.46. The molecule has 0 aliphatic heterocycles. The van der Waals surface area contributed by atoms with Crippen molar-refractivity contribution in [3.05, 3.63) is 97.2 Å². The van der Waals surface area contributed by atoms with E-state index in [1.165, 1.54) is 186 Å². The van der Waals surface area contributed by atoms with Crippen LogP contribution in [0.1, 0.15) is 335 Å². The maximum atomic E-state index is 12.9. The van der Waals surface area contributed by atoms with E-state index in [-0.39, 0.29) is 37.5 Å². The Labute approximate surface area is 496 Å². The van der Waals surface area contributed by atoms with Crippen molar-refractivity contribution in [2.24, 2.45) is 0 Å². The smallest absolute Gasteiger partial charge is 0.306 e. The van der Waals surface area contributed by atoms with Gasteiger partial charge in [-0.1, -0.05) is 317 Å². The SMILES string of the molecule is CC/C=C\C/C=C\C/C=C\C/C=C\C/C=C\C/C=C\C/C=C\CCCC(=O)OC(COC(=O)CCCCCCC/C=C\CCCCC)COC(=O)CCCCCCCCCCCCCCCCCCCCCCCCCCCCC. The van der Waals surface area contributed by atoms with Crippen molar-refractivity contribution in [1.82, 2.24) is 0 Å². The van der Waals surface area contributed by atoms with E-state index < -0.39 is 6.10 Å². The number of carbonyl (C=O) groups is 3. The molecule has 460 valence electrons. The van der Waals surface area contributed by atoms with Gasteiger partial charge >= 0.3 is 17.9 Å². The normalized spacial score (nSPS) is 12.7. The van der Waals surface area contributed by atoms with E-state index in [0.29, 0.717) is 19.3 Å². The largest absolute Gasteiger partial charge is 0.462 e. The number of esters is 3. The Morgan fingerprint density at radius 2 is 0.500 bits per heavy atom. The van der Waals surface area contributed by atoms with E-state index in [4.69, 9.17) is 14.2 Å². The van der Waals surface area contributed by atoms with E-state index in [1.807, 2.05) is 0 Å². The highest BCUT2D eigenvalue weighted by Gasteiger charge is 2.19. The minimum absolute atomic E-state index is 0.101. The van der Waals surface area contributed by atoms with Crippen LogP contribution in [0.2, 0.25) is 0 Å². The van der Waals surface area contributed by atoms with Crippen LogP contribution in [0.4, 0.5) is 0 Å². The Morgan fingerprint density at radius 3 is 0.838 bits per heavy atom. The Morgan fingerprint density at radius 1 is 0.263 bits per heavy atom. The summed E-state index contributed by atoms with van der Waals surface area (Å²) in [6.07, 6.45) is 91.6. The third-order valence-corrected chi connectivity index (χ3v) is 14.8. The Kier molecular flexibility index (Phi) is 64.7. The summed E-state index contributed by atoms with van der Waals surface area (Å²) < 4.78 is 16.9. The summed E-state index contributed by atoms with van der Waals surface area (Å²) >= 11 is 0. The molecule has 0 aromatic rings. The van der Waals surface area contributed by atoms with Crippen LogP contribution in [-0.4, -0.2) is 37.2 Å². The molecule has 0 amide bonds. The van der Waals surface area contributed by atoms with Crippen LogP contribution in [0.15, 0.2) is 97.2 Å². The highest BCUT2D eigenvalue weighted by Crippen LogP contribution is 2.17. The molecule has 0 bridgehead atoms. The van der Waals surface area contributed by atoms with Crippen molar-refractivity contribution >= 4 is 17.9 Å². The molecule has 0 aliphatic carbocycles. The zero-order chi connectivity index (χ0) is 57.8. The molecule has 0 spiro atoms. The van der Waals surface area contributed by atoms with Crippen LogP contribution in [0, 0.1) is 0 Å². The topological polar surface area (TPSA) is 78.9 Å². The van der Waals surface area contributed by atoms with Gasteiger partial charge in [0.25, 0.3) is 0 Å². The first kappa shape index (κ1) is 76.3. The summed E-state index contributed by atoms with van der Waals surface area (Å²) in [5, 5.41) is 0. The van der Waals surface area contributed by atoms with Crippen LogP contribution in [-0.2, 0) is 28.6 Å². The number of unbranched alkanes of at least 4 members (excludes halogenated alkanes) is 35. The lowest BCUT2D eigenvalue weighted by atomic mass is 10.0. The minimum Gasteiger partial charge on any atom is -0.462 e. The molecule has 1 unspecified atom stereocenters. The Bertz CT molecular complexity index is 1560. The van der Waals surface area contributed by atoms with Gasteiger partial charge in [0.05, 0.1) is 0 Å². The van der Waals surface area contributed by atoms with E-state index in [0.717, 1.165) is 103 Å². The molecular weight excluding hydrogens is 985 g/mol. The fourth-order valence-electron chi connectivity index (χ4n) is 9.72. The standard InChI is InChI=1S/C74H128O6/c1-4-7-10-13-16-19-22-25-27-29-31-33-35-36-37-38-40-41-43-45-47-49-52-55-58-61-64-67-73(76)79-70-71(69-78-72(75)66-63-60-57-54-51-24-21-18-15-12-9-6-3)80-74(77)68-65-62-59-56-53-50-48-46-44-42-39-34-32-30-28-26-23-20-17-14-11-8-5-2/h8,11,17-18,20-21,26,28,32,34,42,44,48,50,56,59,71H,4-7,9-10,12-16,19,22-25,27,29-31,33,35-41,43,45-47,49,51-55,57-58,60-70H2,1-3H3/b11-8-,20-17-,21-18-,28-26-,34-32-,44-42-,50-48-,59-56-. The van der Waals surface area contributed by atoms with Crippen LogP contribution < -0.4 is 0 Å². The molecule has 0 heterocycles. The maximum absolute atomic E-state index is 12.9. The average molecular weight is 1110 g/mol. The molecule has 6 heteroatoms. The van der Waals surface area contributed by atoms with Gasteiger partial charge in [-0.3, -0.25) is 14.4 Å².